The fourth-order valence-electron chi connectivity index (χ4n) is 2.13. The molecule has 1 heterocycles. The molecule has 2 amide bonds. The van der Waals surface area contributed by atoms with Gasteiger partial charge in [-0.1, -0.05) is 23.2 Å². The Hall–Kier alpha value is -0.970. The molecule has 1 aliphatic rings. The Kier molecular flexibility index (Phi) is 4.55. The molecule has 2 atom stereocenters. The summed E-state index contributed by atoms with van der Waals surface area (Å²) in [6.07, 6.45) is 0.0636. The van der Waals surface area contributed by atoms with E-state index in [1.54, 1.807) is 23.1 Å². The van der Waals surface area contributed by atoms with Gasteiger partial charge in [0.15, 0.2) is 0 Å². The monoisotopic (exact) mass is 302 g/mol. The number of nitrogens with one attached hydrogen (secondary N) is 1. The van der Waals surface area contributed by atoms with Crippen LogP contribution in [-0.2, 0) is 4.74 Å². The van der Waals surface area contributed by atoms with Gasteiger partial charge in [0.25, 0.3) is 0 Å². The van der Waals surface area contributed by atoms with E-state index in [1.165, 1.54) is 0 Å². The number of hydrogen-bond acceptors (Lipinski definition) is 2. The lowest BCUT2D eigenvalue weighted by molar-refractivity contribution is -0.0530. The van der Waals surface area contributed by atoms with Gasteiger partial charge < -0.3 is 15.0 Å². The van der Waals surface area contributed by atoms with E-state index in [9.17, 15) is 4.79 Å². The molecule has 6 heteroatoms. The highest BCUT2D eigenvalue weighted by Crippen LogP contribution is 2.26. The van der Waals surface area contributed by atoms with Crippen molar-refractivity contribution in [1.29, 1.82) is 0 Å². The second-order valence-electron chi connectivity index (χ2n) is 4.72. The van der Waals surface area contributed by atoms with Crippen LogP contribution in [0, 0.1) is 0 Å². The highest BCUT2D eigenvalue weighted by atomic mass is 35.5. The van der Waals surface area contributed by atoms with Gasteiger partial charge in [0, 0.05) is 18.1 Å². The number of ether oxygens (including phenoxy) is 1. The Morgan fingerprint density at radius 1 is 1.32 bits per heavy atom. The van der Waals surface area contributed by atoms with Gasteiger partial charge in [-0.05, 0) is 32.0 Å². The maximum absolute atomic E-state index is 12.2. The summed E-state index contributed by atoms with van der Waals surface area (Å²) in [7, 11) is 0. The minimum atomic E-state index is -0.189. The van der Waals surface area contributed by atoms with Crippen LogP contribution in [0.5, 0.6) is 0 Å². The molecule has 0 bridgehead atoms. The molecule has 0 unspecified atom stereocenters. The highest BCUT2D eigenvalue weighted by molar-refractivity contribution is 6.35. The third-order valence-corrected chi connectivity index (χ3v) is 3.44. The Balaban J connectivity index is 2.06. The van der Waals surface area contributed by atoms with E-state index < -0.39 is 0 Å². The van der Waals surface area contributed by atoms with E-state index in [2.05, 4.69) is 5.32 Å². The minimum Gasteiger partial charge on any atom is -0.372 e. The molecular formula is C13H16Cl2N2O2. The summed E-state index contributed by atoms with van der Waals surface area (Å²) >= 11 is 11.9. The van der Waals surface area contributed by atoms with Gasteiger partial charge in [-0.25, -0.2) is 4.79 Å². The molecule has 104 valence electrons. The van der Waals surface area contributed by atoms with E-state index in [0.29, 0.717) is 28.8 Å². The summed E-state index contributed by atoms with van der Waals surface area (Å²) in [5.74, 6) is 0. The van der Waals surface area contributed by atoms with E-state index >= 15 is 0 Å². The molecule has 1 aliphatic heterocycles. The Morgan fingerprint density at radius 2 is 1.95 bits per heavy atom. The maximum atomic E-state index is 12.2. The number of nitrogens with zero attached hydrogens (tertiary/aromatic N) is 1. The maximum Gasteiger partial charge on any atom is 0.322 e. The number of urea groups is 1. The summed E-state index contributed by atoms with van der Waals surface area (Å²) in [5, 5.41) is 3.77. The fourth-order valence-corrected chi connectivity index (χ4v) is 2.47. The molecule has 0 aromatic heterocycles. The van der Waals surface area contributed by atoms with Crippen LogP contribution < -0.4 is 5.32 Å². The van der Waals surface area contributed by atoms with Gasteiger partial charge in [-0.15, -0.1) is 0 Å². The van der Waals surface area contributed by atoms with E-state index in [4.69, 9.17) is 27.9 Å². The average Bonchev–Trinajstić information content (AvgIpc) is 2.32. The third kappa shape index (κ3) is 3.75. The lowest BCUT2D eigenvalue weighted by Crippen LogP contribution is -2.49. The van der Waals surface area contributed by atoms with Crippen LogP contribution in [0.4, 0.5) is 10.5 Å². The first-order valence-corrected chi connectivity index (χ1v) is 6.87. The summed E-state index contributed by atoms with van der Waals surface area (Å²) in [4.78, 5) is 13.9. The molecule has 0 radical (unpaired) electrons. The minimum absolute atomic E-state index is 0.0318. The third-order valence-electron chi connectivity index (χ3n) is 2.88. The number of rotatable bonds is 1. The van der Waals surface area contributed by atoms with Crippen molar-refractivity contribution in [3.63, 3.8) is 0 Å². The SMILES string of the molecule is C[C@H]1CN(C(=O)Nc2cc(Cl)ccc2Cl)C[C@H](C)O1. The topological polar surface area (TPSA) is 41.6 Å². The van der Waals surface area contributed by atoms with Crippen molar-refractivity contribution in [2.45, 2.75) is 26.1 Å². The van der Waals surface area contributed by atoms with Crippen molar-refractivity contribution in [2.24, 2.45) is 0 Å². The van der Waals surface area contributed by atoms with Crippen LogP contribution in [-0.4, -0.2) is 36.2 Å². The van der Waals surface area contributed by atoms with Crippen LogP contribution in [0.15, 0.2) is 18.2 Å². The van der Waals surface area contributed by atoms with Crippen molar-refractivity contribution in [3.05, 3.63) is 28.2 Å². The van der Waals surface area contributed by atoms with Crippen LogP contribution in [0.2, 0.25) is 10.0 Å². The molecular weight excluding hydrogens is 287 g/mol. The van der Waals surface area contributed by atoms with Gasteiger partial charge in [0.1, 0.15) is 0 Å². The standard InChI is InChI=1S/C13H16Cl2N2O2/c1-8-6-17(7-9(2)19-8)13(18)16-12-5-10(14)3-4-11(12)15/h3-5,8-9H,6-7H2,1-2H3,(H,16,18)/t8-,9-/m0/s1. The van der Waals surface area contributed by atoms with Crippen molar-refractivity contribution in [1.82, 2.24) is 4.90 Å². The van der Waals surface area contributed by atoms with Crippen molar-refractivity contribution < 1.29 is 9.53 Å². The van der Waals surface area contributed by atoms with Crippen LogP contribution in [0.25, 0.3) is 0 Å². The van der Waals surface area contributed by atoms with E-state index in [0.717, 1.165) is 0 Å². The first kappa shape index (κ1) is 14.4. The first-order valence-electron chi connectivity index (χ1n) is 6.12. The summed E-state index contributed by atoms with van der Waals surface area (Å²) in [6, 6.07) is 4.78. The van der Waals surface area contributed by atoms with Crippen LogP contribution in [0.1, 0.15) is 13.8 Å². The number of hydrogen-bond donors (Lipinski definition) is 1. The largest absolute Gasteiger partial charge is 0.372 e. The summed E-state index contributed by atoms with van der Waals surface area (Å²) in [6.45, 7) is 5.02. The Morgan fingerprint density at radius 3 is 2.58 bits per heavy atom. The number of morpholine rings is 1. The molecule has 1 aromatic carbocycles. The zero-order valence-electron chi connectivity index (χ0n) is 10.8. The smallest absolute Gasteiger partial charge is 0.322 e. The van der Waals surface area contributed by atoms with Gasteiger partial charge in [0.2, 0.25) is 0 Å². The first-order chi connectivity index (χ1) is 8.95. The van der Waals surface area contributed by atoms with Crippen molar-refractivity contribution >= 4 is 34.9 Å². The molecule has 4 nitrogen and oxygen atoms in total. The molecule has 1 aromatic rings. The average molecular weight is 303 g/mol. The predicted octanol–water partition coefficient (Wildman–Crippen LogP) is 3.63. The van der Waals surface area contributed by atoms with Gasteiger partial charge in [-0.3, -0.25) is 0 Å². The number of carbonyl (C=O) groups excluding carboxylic acids is 1. The fraction of sp³-hybridized carbons (Fsp3) is 0.462. The normalized spacial score (nSPS) is 23.3. The number of carbonyl (C=O) groups is 1. The number of halogens is 2. The second-order valence-corrected chi connectivity index (χ2v) is 5.56. The van der Waals surface area contributed by atoms with Crippen molar-refractivity contribution in [3.8, 4) is 0 Å². The van der Waals surface area contributed by atoms with Gasteiger partial charge >= 0.3 is 6.03 Å². The van der Waals surface area contributed by atoms with Crippen molar-refractivity contribution in [2.75, 3.05) is 18.4 Å². The second kappa shape index (κ2) is 5.99. The zero-order valence-corrected chi connectivity index (χ0v) is 12.3. The van der Waals surface area contributed by atoms with Crippen LogP contribution >= 0.6 is 23.2 Å². The van der Waals surface area contributed by atoms with Gasteiger partial charge in [0.05, 0.1) is 22.9 Å². The number of benzene rings is 1. The molecule has 0 saturated carbocycles. The highest BCUT2D eigenvalue weighted by Gasteiger charge is 2.26. The predicted molar refractivity (Wildman–Crippen MR) is 77.1 cm³/mol. The number of anilines is 1. The Labute approximate surface area is 122 Å². The number of amides is 2. The van der Waals surface area contributed by atoms with Gasteiger partial charge in [-0.2, -0.15) is 0 Å². The van der Waals surface area contributed by atoms with E-state index in [1.807, 2.05) is 13.8 Å². The lowest BCUT2D eigenvalue weighted by Gasteiger charge is -2.35. The molecule has 19 heavy (non-hydrogen) atoms. The Bertz CT molecular complexity index is 472. The van der Waals surface area contributed by atoms with E-state index in [-0.39, 0.29) is 18.2 Å². The van der Waals surface area contributed by atoms with Crippen LogP contribution in [0.3, 0.4) is 0 Å². The molecule has 1 fully saturated rings. The zero-order chi connectivity index (χ0) is 14.0. The molecule has 1 saturated heterocycles. The summed E-state index contributed by atoms with van der Waals surface area (Å²) < 4.78 is 5.59. The lowest BCUT2D eigenvalue weighted by atomic mass is 10.2. The molecule has 1 N–H and O–H groups in total. The quantitative estimate of drug-likeness (QED) is 0.860. The molecule has 0 spiro atoms. The molecule has 0 aliphatic carbocycles. The molecule has 2 rings (SSSR count). The summed E-state index contributed by atoms with van der Waals surface area (Å²) in [5.41, 5.74) is 0.519.